The van der Waals surface area contributed by atoms with E-state index >= 15 is 0 Å². The van der Waals surface area contributed by atoms with Crippen LogP contribution in [-0.4, -0.2) is 14.5 Å². The smallest absolute Gasteiger partial charge is 0.235 e. The Morgan fingerprint density at radius 1 is 0.321 bits per heavy atom. The minimum atomic E-state index is 0.653. The molecule has 3 heteroatoms. The Kier molecular flexibility index (Phi) is 6.55. The van der Waals surface area contributed by atoms with E-state index in [1.54, 1.807) is 0 Å². The summed E-state index contributed by atoms with van der Waals surface area (Å²) in [5.41, 5.74) is 9.65. The Morgan fingerprint density at radius 2 is 0.981 bits per heavy atom. The third kappa shape index (κ3) is 4.75. The zero-order chi connectivity index (χ0) is 34.9. The van der Waals surface area contributed by atoms with Crippen LogP contribution in [0.5, 0.6) is 0 Å². The standard InChI is InChI=1S/C50H31N3/c1-2-15-34(16-3-1)49-45-30-43(40-23-12-20-33-14-8-9-21-39(33)40)42(38-26-25-32-13-4-5-17-35(32)27-38)31-46(45)51-50(52-49)53-47-24-11-10-22-41(47)44-28-36-18-6-7-19-37(36)29-48(44)53/h1-31H. The lowest BCUT2D eigenvalue weighted by molar-refractivity contribution is 1.01. The Morgan fingerprint density at radius 3 is 1.81 bits per heavy atom. The largest absolute Gasteiger partial charge is 0.278 e. The molecule has 0 N–H and O–H groups in total. The molecule has 2 heterocycles. The van der Waals surface area contributed by atoms with Crippen molar-refractivity contribution >= 4 is 65.0 Å². The van der Waals surface area contributed by atoms with Crippen LogP contribution >= 0.6 is 0 Å². The summed E-state index contributed by atoms with van der Waals surface area (Å²) in [7, 11) is 0. The summed E-state index contributed by atoms with van der Waals surface area (Å²) < 4.78 is 2.25. The lowest BCUT2D eigenvalue weighted by atomic mass is 9.88. The molecule has 0 spiro atoms. The number of nitrogens with zero attached hydrogens (tertiary/aromatic N) is 3. The van der Waals surface area contributed by atoms with E-state index in [0.29, 0.717) is 5.95 Å². The molecule has 0 radical (unpaired) electrons. The average Bonchev–Trinajstić information content (AvgIpc) is 3.55. The van der Waals surface area contributed by atoms with Gasteiger partial charge in [0.2, 0.25) is 5.95 Å². The molecule has 9 aromatic carbocycles. The van der Waals surface area contributed by atoms with Gasteiger partial charge in [-0.3, -0.25) is 4.57 Å². The Labute approximate surface area is 306 Å². The highest BCUT2D eigenvalue weighted by molar-refractivity contribution is 6.14. The van der Waals surface area contributed by atoms with E-state index < -0.39 is 0 Å². The lowest BCUT2D eigenvalue weighted by Crippen LogP contribution is -2.04. The van der Waals surface area contributed by atoms with Crippen LogP contribution in [0.2, 0.25) is 0 Å². The highest BCUT2D eigenvalue weighted by atomic mass is 15.2. The summed E-state index contributed by atoms with van der Waals surface area (Å²) in [6.07, 6.45) is 0. The number of fused-ring (bicyclic) bond motifs is 7. The number of aromatic nitrogens is 3. The first kappa shape index (κ1) is 29.6. The predicted octanol–water partition coefficient (Wildman–Crippen LogP) is 13.2. The van der Waals surface area contributed by atoms with Crippen molar-refractivity contribution in [1.82, 2.24) is 14.5 Å². The van der Waals surface area contributed by atoms with Crippen LogP contribution in [0, 0.1) is 0 Å². The maximum Gasteiger partial charge on any atom is 0.235 e. The van der Waals surface area contributed by atoms with Crippen LogP contribution in [-0.2, 0) is 0 Å². The molecular weight excluding hydrogens is 643 g/mol. The normalized spacial score (nSPS) is 11.8. The molecule has 0 saturated carbocycles. The molecule has 0 aliphatic rings. The van der Waals surface area contributed by atoms with Gasteiger partial charge in [-0.25, -0.2) is 9.97 Å². The fourth-order valence-corrected chi connectivity index (χ4v) is 8.23. The van der Waals surface area contributed by atoms with Gasteiger partial charge in [-0.15, -0.1) is 0 Å². The van der Waals surface area contributed by atoms with Crippen molar-refractivity contribution in [2.45, 2.75) is 0 Å². The van der Waals surface area contributed by atoms with Crippen LogP contribution < -0.4 is 0 Å². The van der Waals surface area contributed by atoms with Crippen molar-refractivity contribution in [3.8, 4) is 39.5 Å². The zero-order valence-corrected chi connectivity index (χ0v) is 28.7. The maximum atomic E-state index is 5.49. The second-order valence-electron chi connectivity index (χ2n) is 13.8. The van der Waals surface area contributed by atoms with Gasteiger partial charge in [-0.05, 0) is 91.0 Å². The van der Waals surface area contributed by atoms with Crippen molar-refractivity contribution in [2.75, 3.05) is 0 Å². The van der Waals surface area contributed by atoms with E-state index in [9.17, 15) is 0 Å². The fraction of sp³-hybridized carbons (Fsp3) is 0. The molecule has 0 aliphatic heterocycles. The maximum absolute atomic E-state index is 5.49. The van der Waals surface area contributed by atoms with E-state index in [0.717, 1.165) is 49.9 Å². The molecular formula is C50H31N3. The van der Waals surface area contributed by atoms with Crippen molar-refractivity contribution in [1.29, 1.82) is 0 Å². The minimum absolute atomic E-state index is 0.653. The van der Waals surface area contributed by atoms with Gasteiger partial charge in [-0.1, -0.05) is 152 Å². The van der Waals surface area contributed by atoms with Crippen LogP contribution in [0.4, 0.5) is 0 Å². The molecule has 0 saturated heterocycles. The Hall–Kier alpha value is -7.10. The molecule has 2 aromatic heterocycles. The third-order valence-electron chi connectivity index (χ3n) is 10.8. The number of para-hydroxylation sites is 1. The summed E-state index contributed by atoms with van der Waals surface area (Å²) in [6, 6.07) is 67.5. The summed E-state index contributed by atoms with van der Waals surface area (Å²) in [4.78, 5) is 11.0. The van der Waals surface area contributed by atoms with Gasteiger partial charge in [0, 0.05) is 21.7 Å². The highest BCUT2D eigenvalue weighted by Crippen LogP contribution is 2.42. The third-order valence-corrected chi connectivity index (χ3v) is 10.8. The molecule has 246 valence electrons. The molecule has 3 nitrogen and oxygen atoms in total. The Bertz CT molecular complexity index is 3220. The van der Waals surface area contributed by atoms with Gasteiger partial charge in [-0.2, -0.15) is 0 Å². The van der Waals surface area contributed by atoms with Gasteiger partial charge in [0.1, 0.15) is 0 Å². The average molecular weight is 674 g/mol. The van der Waals surface area contributed by atoms with Crippen molar-refractivity contribution < 1.29 is 0 Å². The van der Waals surface area contributed by atoms with E-state index in [1.807, 2.05) is 0 Å². The van der Waals surface area contributed by atoms with E-state index in [2.05, 4.69) is 193 Å². The number of rotatable bonds is 4. The zero-order valence-electron chi connectivity index (χ0n) is 28.7. The van der Waals surface area contributed by atoms with Gasteiger partial charge < -0.3 is 0 Å². The molecule has 0 aliphatic carbocycles. The first-order chi connectivity index (χ1) is 26.3. The van der Waals surface area contributed by atoms with Crippen LogP contribution in [0.3, 0.4) is 0 Å². The van der Waals surface area contributed by atoms with Gasteiger partial charge in [0.05, 0.1) is 22.2 Å². The topological polar surface area (TPSA) is 30.7 Å². The predicted molar refractivity (Wildman–Crippen MR) is 223 cm³/mol. The number of hydrogen-bond donors (Lipinski definition) is 0. The van der Waals surface area contributed by atoms with E-state index in [1.165, 1.54) is 48.7 Å². The molecule has 0 unspecified atom stereocenters. The second-order valence-corrected chi connectivity index (χ2v) is 13.8. The van der Waals surface area contributed by atoms with Crippen molar-refractivity contribution in [3.63, 3.8) is 0 Å². The van der Waals surface area contributed by atoms with Crippen molar-refractivity contribution in [2.24, 2.45) is 0 Å². The van der Waals surface area contributed by atoms with E-state index in [-0.39, 0.29) is 0 Å². The molecule has 0 fully saturated rings. The highest BCUT2D eigenvalue weighted by Gasteiger charge is 2.21. The first-order valence-electron chi connectivity index (χ1n) is 18.1. The summed E-state index contributed by atoms with van der Waals surface area (Å²) in [5, 5.41) is 10.6. The second kappa shape index (κ2) is 11.7. The fourth-order valence-electron chi connectivity index (χ4n) is 8.23. The monoisotopic (exact) mass is 673 g/mol. The Balaban J connectivity index is 1.27. The number of benzene rings is 9. The summed E-state index contributed by atoms with van der Waals surface area (Å²) >= 11 is 0. The molecule has 53 heavy (non-hydrogen) atoms. The molecule has 0 bridgehead atoms. The SMILES string of the molecule is c1ccc(-c2nc(-n3c4ccccc4c4cc5ccccc5cc43)nc3cc(-c4ccc5ccccc5c4)c(-c4cccc5ccccc45)cc23)cc1. The van der Waals surface area contributed by atoms with E-state index in [4.69, 9.17) is 9.97 Å². The molecule has 11 rings (SSSR count). The van der Waals surface area contributed by atoms with Crippen molar-refractivity contribution in [3.05, 3.63) is 188 Å². The van der Waals surface area contributed by atoms with Crippen LogP contribution in [0.15, 0.2) is 188 Å². The quantitative estimate of drug-likeness (QED) is 0.186. The molecule has 0 amide bonds. The van der Waals surface area contributed by atoms with Crippen LogP contribution in [0.1, 0.15) is 0 Å². The number of hydrogen-bond acceptors (Lipinski definition) is 2. The molecule has 0 atom stereocenters. The van der Waals surface area contributed by atoms with Crippen LogP contribution in [0.25, 0.3) is 104 Å². The van der Waals surface area contributed by atoms with Gasteiger partial charge >= 0.3 is 0 Å². The summed E-state index contributed by atoms with van der Waals surface area (Å²) in [6.45, 7) is 0. The minimum Gasteiger partial charge on any atom is -0.278 e. The summed E-state index contributed by atoms with van der Waals surface area (Å²) in [5.74, 6) is 0.653. The lowest BCUT2D eigenvalue weighted by Gasteiger charge is -2.17. The van der Waals surface area contributed by atoms with Gasteiger partial charge in [0.15, 0.2) is 0 Å². The van der Waals surface area contributed by atoms with Gasteiger partial charge in [0.25, 0.3) is 0 Å². The first-order valence-corrected chi connectivity index (χ1v) is 18.1. The molecule has 11 aromatic rings.